The van der Waals surface area contributed by atoms with Crippen molar-refractivity contribution in [1.29, 1.82) is 0 Å². The molecule has 0 aromatic heterocycles. The van der Waals surface area contributed by atoms with Crippen LogP contribution < -0.4 is 0 Å². The van der Waals surface area contributed by atoms with Crippen LogP contribution in [0.25, 0.3) is 21.5 Å². The molecule has 4 unspecified atom stereocenters. The van der Waals surface area contributed by atoms with Crippen molar-refractivity contribution in [1.82, 2.24) is 0 Å². The molecule has 4 aromatic carbocycles. The molecule has 4 atom stereocenters. The first-order chi connectivity index (χ1) is 14.5. The summed E-state index contributed by atoms with van der Waals surface area (Å²) >= 11 is 0. The third-order valence-electron chi connectivity index (χ3n) is 9.01. The molecular weight excluding hydrogens is 360 g/mol. The van der Waals surface area contributed by atoms with E-state index in [1.54, 1.807) is 11.1 Å². The molecule has 0 aliphatic heterocycles. The smallest absolute Gasteiger partial charge is 0.00333 e. The van der Waals surface area contributed by atoms with Gasteiger partial charge in [0.25, 0.3) is 0 Å². The van der Waals surface area contributed by atoms with Gasteiger partial charge in [-0.05, 0) is 68.7 Å². The summed E-state index contributed by atoms with van der Waals surface area (Å²) in [7, 11) is 0. The van der Waals surface area contributed by atoms with Gasteiger partial charge in [0.2, 0.25) is 0 Å². The van der Waals surface area contributed by atoms with Gasteiger partial charge in [0.15, 0.2) is 0 Å². The summed E-state index contributed by atoms with van der Waals surface area (Å²) < 4.78 is 0. The third-order valence-corrected chi connectivity index (χ3v) is 9.01. The normalized spacial score (nSPS) is 29.6. The van der Waals surface area contributed by atoms with Gasteiger partial charge >= 0.3 is 0 Å². The number of benzene rings is 4. The zero-order valence-corrected chi connectivity index (χ0v) is 18.2. The molecule has 0 N–H and O–H groups in total. The van der Waals surface area contributed by atoms with E-state index in [2.05, 4.69) is 106 Å². The second-order valence-electron chi connectivity index (χ2n) is 10.5. The highest BCUT2D eigenvalue weighted by molar-refractivity contribution is 5.89. The molecule has 0 amide bonds. The van der Waals surface area contributed by atoms with E-state index in [9.17, 15) is 0 Å². The Morgan fingerprint density at radius 1 is 0.633 bits per heavy atom. The van der Waals surface area contributed by atoms with Gasteiger partial charge in [-0.15, -0.1) is 0 Å². The topological polar surface area (TPSA) is 0 Å². The summed E-state index contributed by atoms with van der Waals surface area (Å²) in [5.74, 6) is 2.08. The fourth-order valence-corrected chi connectivity index (χ4v) is 7.28. The Bertz CT molecular complexity index is 1250. The van der Waals surface area contributed by atoms with Crippen LogP contribution in [0.1, 0.15) is 50.7 Å². The number of hydrogen-bond donors (Lipinski definition) is 0. The molecule has 0 spiro atoms. The molecule has 3 saturated carbocycles. The molecule has 30 heavy (non-hydrogen) atoms. The largest absolute Gasteiger partial charge is 0.0616 e. The van der Waals surface area contributed by atoms with Gasteiger partial charge in [0.1, 0.15) is 0 Å². The standard InChI is InChI=1S/C30H30/c1-29(2)22-18-27(25-16-8-12-20-10-4-6-14-23(20)25)30(3,28(29)19-22)26-17-9-13-21-11-5-7-15-24(21)26/h4-17,22,27-28H,18-19H2,1-3H3. The van der Waals surface area contributed by atoms with Gasteiger partial charge in [-0.1, -0.05) is 106 Å². The van der Waals surface area contributed by atoms with Crippen molar-refractivity contribution in [2.45, 2.75) is 44.9 Å². The highest BCUT2D eigenvalue weighted by Crippen LogP contribution is 2.71. The van der Waals surface area contributed by atoms with E-state index in [-0.39, 0.29) is 5.41 Å². The first-order valence-electron chi connectivity index (χ1n) is 11.5. The molecule has 0 nitrogen and oxygen atoms in total. The van der Waals surface area contributed by atoms with Gasteiger partial charge in [-0.3, -0.25) is 0 Å². The monoisotopic (exact) mass is 390 g/mol. The van der Waals surface area contributed by atoms with Crippen LogP contribution in [-0.4, -0.2) is 0 Å². The minimum atomic E-state index is 0.128. The van der Waals surface area contributed by atoms with Crippen LogP contribution in [0.4, 0.5) is 0 Å². The highest BCUT2D eigenvalue weighted by atomic mass is 14.7. The number of rotatable bonds is 2. The molecule has 7 rings (SSSR count). The van der Waals surface area contributed by atoms with Crippen molar-refractivity contribution in [2.75, 3.05) is 0 Å². The molecule has 0 radical (unpaired) electrons. The Morgan fingerprint density at radius 3 is 1.97 bits per heavy atom. The van der Waals surface area contributed by atoms with Crippen LogP contribution in [-0.2, 0) is 5.41 Å². The molecule has 3 aliphatic rings. The zero-order valence-electron chi connectivity index (χ0n) is 18.2. The molecule has 0 heterocycles. The lowest BCUT2D eigenvalue weighted by molar-refractivity contribution is -0.127. The van der Waals surface area contributed by atoms with E-state index in [4.69, 9.17) is 0 Å². The first-order valence-corrected chi connectivity index (χ1v) is 11.5. The quantitative estimate of drug-likeness (QED) is 0.324. The van der Waals surface area contributed by atoms with E-state index in [0.717, 1.165) is 5.92 Å². The Hall–Kier alpha value is -2.60. The lowest BCUT2D eigenvalue weighted by Gasteiger charge is -2.68. The molecule has 4 aromatic rings. The predicted molar refractivity (Wildman–Crippen MR) is 128 cm³/mol. The summed E-state index contributed by atoms with van der Waals surface area (Å²) in [4.78, 5) is 0. The summed E-state index contributed by atoms with van der Waals surface area (Å²) in [6.07, 6.45) is 2.66. The van der Waals surface area contributed by atoms with Crippen LogP contribution in [0, 0.1) is 17.3 Å². The van der Waals surface area contributed by atoms with Crippen LogP contribution in [0.15, 0.2) is 84.9 Å². The van der Waals surface area contributed by atoms with Crippen LogP contribution in [0.3, 0.4) is 0 Å². The Labute approximate surface area is 179 Å². The van der Waals surface area contributed by atoms with Crippen molar-refractivity contribution >= 4 is 21.5 Å². The molecule has 150 valence electrons. The van der Waals surface area contributed by atoms with Gasteiger partial charge in [-0.25, -0.2) is 0 Å². The summed E-state index contributed by atoms with van der Waals surface area (Å²) in [5.41, 5.74) is 3.64. The number of fused-ring (bicyclic) bond motifs is 4. The Morgan fingerprint density at radius 2 is 1.23 bits per heavy atom. The van der Waals surface area contributed by atoms with Gasteiger partial charge in [0.05, 0.1) is 0 Å². The molecule has 0 heteroatoms. The van der Waals surface area contributed by atoms with E-state index in [1.807, 2.05) is 0 Å². The maximum absolute atomic E-state index is 2.59. The predicted octanol–water partition coefficient (Wildman–Crippen LogP) is 8.10. The van der Waals surface area contributed by atoms with Crippen molar-refractivity contribution < 1.29 is 0 Å². The van der Waals surface area contributed by atoms with Crippen LogP contribution in [0.5, 0.6) is 0 Å². The second-order valence-corrected chi connectivity index (χ2v) is 10.5. The Balaban J connectivity index is 1.63. The van der Waals surface area contributed by atoms with Gasteiger partial charge in [-0.2, -0.15) is 0 Å². The fraction of sp³-hybridized carbons (Fsp3) is 0.333. The maximum atomic E-state index is 2.59. The maximum Gasteiger partial charge on any atom is 0.00333 e. The lowest BCUT2D eigenvalue weighted by Crippen LogP contribution is -2.61. The fourth-order valence-electron chi connectivity index (χ4n) is 7.28. The molecular formula is C30H30. The van der Waals surface area contributed by atoms with Gasteiger partial charge in [0, 0.05) is 5.41 Å². The first kappa shape index (κ1) is 18.2. The average molecular weight is 391 g/mol. The SMILES string of the molecule is CC1(C)C2CC(c3cccc4ccccc34)C(C)(c3cccc4ccccc34)C1C2. The summed E-state index contributed by atoms with van der Waals surface area (Å²) in [6.45, 7) is 7.63. The van der Waals surface area contributed by atoms with E-state index in [1.165, 1.54) is 34.4 Å². The van der Waals surface area contributed by atoms with Crippen molar-refractivity contribution in [3.63, 3.8) is 0 Å². The highest BCUT2D eigenvalue weighted by Gasteiger charge is 2.63. The van der Waals surface area contributed by atoms with Crippen molar-refractivity contribution in [3.8, 4) is 0 Å². The Kier molecular flexibility index (Phi) is 3.76. The molecule has 0 saturated heterocycles. The average Bonchev–Trinajstić information content (AvgIpc) is 2.78. The minimum absolute atomic E-state index is 0.128. The van der Waals surface area contributed by atoms with Gasteiger partial charge < -0.3 is 0 Å². The number of hydrogen-bond acceptors (Lipinski definition) is 0. The molecule has 3 aliphatic carbocycles. The third kappa shape index (κ3) is 2.28. The molecule has 3 fully saturated rings. The van der Waals surface area contributed by atoms with E-state index in [0.29, 0.717) is 17.3 Å². The van der Waals surface area contributed by atoms with Crippen LogP contribution in [0.2, 0.25) is 0 Å². The van der Waals surface area contributed by atoms with E-state index >= 15 is 0 Å². The van der Waals surface area contributed by atoms with E-state index < -0.39 is 0 Å². The summed E-state index contributed by atoms with van der Waals surface area (Å²) in [6, 6.07) is 31.9. The lowest BCUT2D eigenvalue weighted by atomic mass is 9.36. The minimum Gasteiger partial charge on any atom is -0.0616 e. The summed E-state index contributed by atoms with van der Waals surface area (Å²) in [5, 5.41) is 5.62. The van der Waals surface area contributed by atoms with Crippen molar-refractivity contribution in [3.05, 3.63) is 96.1 Å². The van der Waals surface area contributed by atoms with Crippen molar-refractivity contribution in [2.24, 2.45) is 17.3 Å². The van der Waals surface area contributed by atoms with Crippen LogP contribution >= 0.6 is 0 Å². The second kappa shape index (κ2) is 6.20. The zero-order chi connectivity index (χ0) is 20.5. The molecule has 2 bridgehead atoms.